The minimum Gasteiger partial charge on any atom is -0.464 e. The number of carbonyl (C=O) groups excluding carboxylic acids is 5. The summed E-state index contributed by atoms with van der Waals surface area (Å²) in [6.07, 6.45) is -0.0653. The first-order chi connectivity index (χ1) is 21.7. The van der Waals surface area contributed by atoms with E-state index >= 15 is 0 Å². The molecule has 1 aromatic heterocycles. The van der Waals surface area contributed by atoms with Crippen molar-refractivity contribution >= 4 is 53.7 Å². The molecule has 5 atom stereocenters. The summed E-state index contributed by atoms with van der Waals surface area (Å²) < 4.78 is 10.0. The molecule has 3 rings (SSSR count). The number of hydrogen-bond acceptors (Lipinski definition) is 11. The molecule has 46 heavy (non-hydrogen) atoms. The first kappa shape index (κ1) is 36.8. The van der Waals surface area contributed by atoms with E-state index in [1.54, 1.807) is 26.0 Å². The van der Waals surface area contributed by atoms with Gasteiger partial charge in [0.2, 0.25) is 17.7 Å². The molecule has 2 heterocycles. The standard InChI is InChI=1S/C31H43N5O8S2/c1-17(2)13-21(33-27(39)24(18(3)4)36-30(41)44-15-19-9-7-6-8-10-19)26(38)35-23(14-20-11-12-32-25(20)37)31(42,45)29-34-22(16-46-29)28(40)43-5/h6-10,16-18,20-21,23-24,42,45H,11-15H2,1-5H3,(H,32,37)(H,33,39)(H,35,38)(H,36,41)/t20-,21-,23-,24-,31+/m0/s1. The number of alkyl carbamates (subject to hydrolysis) is 1. The quantitative estimate of drug-likeness (QED) is 0.0937. The number of amides is 4. The predicted octanol–water partition coefficient (Wildman–Crippen LogP) is 2.50. The molecule has 0 spiro atoms. The predicted molar refractivity (Wildman–Crippen MR) is 174 cm³/mol. The third-order valence-electron chi connectivity index (χ3n) is 7.47. The van der Waals surface area contributed by atoms with E-state index in [0.29, 0.717) is 13.0 Å². The Morgan fingerprint density at radius 3 is 2.39 bits per heavy atom. The second kappa shape index (κ2) is 16.7. The zero-order valence-corrected chi connectivity index (χ0v) is 28.3. The number of nitrogens with one attached hydrogen (secondary N) is 4. The summed E-state index contributed by atoms with van der Waals surface area (Å²) in [6, 6.07) is 5.86. The molecule has 1 saturated heterocycles. The highest BCUT2D eigenvalue weighted by molar-refractivity contribution is 7.81. The molecule has 2 aromatic rings. The maximum absolute atomic E-state index is 13.8. The van der Waals surface area contributed by atoms with Gasteiger partial charge in [0.1, 0.15) is 23.7 Å². The molecular formula is C31H43N5O8S2. The van der Waals surface area contributed by atoms with Crippen molar-refractivity contribution in [1.82, 2.24) is 26.3 Å². The maximum atomic E-state index is 13.8. The highest BCUT2D eigenvalue weighted by Gasteiger charge is 2.43. The summed E-state index contributed by atoms with van der Waals surface area (Å²) in [7, 11) is 1.20. The molecule has 1 aliphatic heterocycles. The number of methoxy groups -OCH3 is 1. The summed E-state index contributed by atoms with van der Waals surface area (Å²) in [6.45, 7) is 7.72. The third kappa shape index (κ3) is 10.2. The second-order valence-electron chi connectivity index (χ2n) is 11.9. The molecule has 0 aliphatic carbocycles. The van der Waals surface area contributed by atoms with Gasteiger partial charge >= 0.3 is 12.1 Å². The topological polar surface area (TPSA) is 185 Å². The Morgan fingerprint density at radius 1 is 1.11 bits per heavy atom. The zero-order chi connectivity index (χ0) is 34.0. The lowest BCUT2D eigenvalue weighted by Crippen LogP contribution is -2.58. The van der Waals surface area contributed by atoms with Crippen molar-refractivity contribution in [3.63, 3.8) is 0 Å². The van der Waals surface area contributed by atoms with Crippen LogP contribution in [0.2, 0.25) is 0 Å². The lowest BCUT2D eigenvalue weighted by Gasteiger charge is -2.34. The smallest absolute Gasteiger partial charge is 0.408 e. The lowest BCUT2D eigenvalue weighted by molar-refractivity contribution is -0.132. The summed E-state index contributed by atoms with van der Waals surface area (Å²) in [5.41, 5.74) is 0.739. The van der Waals surface area contributed by atoms with Gasteiger partial charge in [-0.05, 0) is 36.7 Å². The number of hydrogen-bond donors (Lipinski definition) is 6. The van der Waals surface area contributed by atoms with Crippen molar-refractivity contribution in [1.29, 1.82) is 0 Å². The largest absolute Gasteiger partial charge is 0.464 e. The number of benzene rings is 1. The van der Waals surface area contributed by atoms with Gasteiger partial charge in [0.05, 0.1) is 13.2 Å². The van der Waals surface area contributed by atoms with Gasteiger partial charge in [-0.15, -0.1) is 24.0 Å². The van der Waals surface area contributed by atoms with Crippen LogP contribution in [-0.4, -0.2) is 71.7 Å². The second-order valence-corrected chi connectivity index (χ2v) is 13.5. The normalized spacial score (nSPS) is 17.8. The van der Waals surface area contributed by atoms with Gasteiger partial charge in [0.25, 0.3) is 0 Å². The number of aromatic nitrogens is 1. The average Bonchev–Trinajstić information content (AvgIpc) is 3.67. The highest BCUT2D eigenvalue weighted by atomic mass is 32.1. The molecule has 1 aromatic carbocycles. The molecule has 5 N–H and O–H groups in total. The van der Waals surface area contributed by atoms with Gasteiger partial charge in [-0.1, -0.05) is 58.0 Å². The van der Waals surface area contributed by atoms with Crippen LogP contribution in [0.4, 0.5) is 4.79 Å². The molecule has 13 nitrogen and oxygen atoms in total. The maximum Gasteiger partial charge on any atom is 0.408 e. The summed E-state index contributed by atoms with van der Waals surface area (Å²) >= 11 is 5.41. The van der Waals surface area contributed by atoms with E-state index in [-0.39, 0.29) is 47.9 Å². The van der Waals surface area contributed by atoms with Crippen molar-refractivity contribution in [3.05, 3.63) is 52.0 Å². The van der Waals surface area contributed by atoms with Crippen molar-refractivity contribution < 1.29 is 38.6 Å². The Labute approximate surface area is 278 Å². The van der Waals surface area contributed by atoms with E-state index in [2.05, 4.69) is 38.9 Å². The number of esters is 1. The molecule has 0 saturated carbocycles. The number of thiazole rings is 1. The van der Waals surface area contributed by atoms with Gasteiger partial charge in [-0.25, -0.2) is 14.6 Å². The van der Waals surface area contributed by atoms with Crippen LogP contribution in [0.15, 0.2) is 35.7 Å². The molecule has 1 fully saturated rings. The Morgan fingerprint density at radius 2 is 1.80 bits per heavy atom. The highest BCUT2D eigenvalue weighted by Crippen LogP contribution is 2.36. The fourth-order valence-corrected chi connectivity index (χ4v) is 6.15. The SMILES string of the molecule is COC(=O)c1csc([C@](O)(S)[C@H](C[C@@H]2CCNC2=O)NC(=O)[C@H](CC(C)C)NC(=O)[C@@H](NC(=O)OCc2ccccc2)C(C)C)n1. The molecule has 0 radical (unpaired) electrons. The molecule has 15 heteroatoms. The van der Waals surface area contributed by atoms with Crippen LogP contribution in [0.1, 0.15) is 68.0 Å². The number of rotatable bonds is 15. The third-order valence-corrected chi connectivity index (χ3v) is 9.12. The summed E-state index contributed by atoms with van der Waals surface area (Å²) in [5.74, 6) is -3.07. The van der Waals surface area contributed by atoms with Crippen molar-refractivity contribution in [3.8, 4) is 0 Å². The van der Waals surface area contributed by atoms with Crippen LogP contribution < -0.4 is 21.3 Å². The number of ether oxygens (including phenoxy) is 2. The van der Waals surface area contributed by atoms with E-state index < -0.39 is 52.9 Å². The van der Waals surface area contributed by atoms with Crippen LogP contribution in [0, 0.1) is 17.8 Å². The number of aliphatic hydroxyl groups is 1. The van der Waals surface area contributed by atoms with Crippen LogP contribution in [-0.2, 0) is 35.4 Å². The fraction of sp³-hybridized carbons (Fsp3) is 0.548. The fourth-order valence-electron chi connectivity index (χ4n) is 4.93. The number of thiol groups is 1. The molecule has 4 amide bonds. The van der Waals surface area contributed by atoms with E-state index in [1.807, 2.05) is 32.0 Å². The Bertz CT molecular complexity index is 1370. The van der Waals surface area contributed by atoms with Crippen molar-refractivity contribution in [2.24, 2.45) is 17.8 Å². The monoisotopic (exact) mass is 677 g/mol. The first-order valence-corrected chi connectivity index (χ1v) is 16.4. The summed E-state index contributed by atoms with van der Waals surface area (Å²) in [5, 5.41) is 23.9. The molecule has 1 aliphatic rings. The van der Waals surface area contributed by atoms with E-state index in [1.165, 1.54) is 12.5 Å². The Hall–Kier alpha value is -3.69. The number of nitrogens with zero attached hydrogens (tertiary/aromatic N) is 1. The average molecular weight is 678 g/mol. The van der Waals surface area contributed by atoms with Gasteiger partial charge in [-0.3, -0.25) is 14.4 Å². The van der Waals surface area contributed by atoms with E-state index in [4.69, 9.17) is 9.47 Å². The van der Waals surface area contributed by atoms with Crippen LogP contribution in [0.3, 0.4) is 0 Å². The Balaban J connectivity index is 1.79. The zero-order valence-electron chi connectivity index (χ0n) is 26.6. The van der Waals surface area contributed by atoms with Crippen LogP contribution in [0.25, 0.3) is 0 Å². The van der Waals surface area contributed by atoms with Crippen LogP contribution >= 0.6 is 24.0 Å². The minimum absolute atomic E-state index is 0.0104. The van der Waals surface area contributed by atoms with E-state index in [0.717, 1.165) is 16.9 Å². The van der Waals surface area contributed by atoms with Gasteiger partial charge in [-0.2, -0.15) is 0 Å². The van der Waals surface area contributed by atoms with Crippen molar-refractivity contribution in [2.75, 3.05) is 13.7 Å². The Kier molecular flexibility index (Phi) is 13.4. The molecule has 252 valence electrons. The van der Waals surface area contributed by atoms with Crippen LogP contribution in [0.5, 0.6) is 0 Å². The lowest BCUT2D eigenvalue weighted by atomic mass is 9.93. The summed E-state index contributed by atoms with van der Waals surface area (Å²) in [4.78, 5) is 66.4. The van der Waals surface area contributed by atoms with Crippen molar-refractivity contribution in [2.45, 2.75) is 76.6 Å². The van der Waals surface area contributed by atoms with Gasteiger partial charge in [0.15, 0.2) is 10.6 Å². The number of carbonyl (C=O) groups is 5. The molecule has 0 bridgehead atoms. The minimum atomic E-state index is -2.09. The van der Waals surface area contributed by atoms with Gasteiger partial charge < -0.3 is 35.8 Å². The van der Waals surface area contributed by atoms with E-state index in [9.17, 15) is 29.1 Å². The van der Waals surface area contributed by atoms with Gasteiger partial charge in [0, 0.05) is 17.8 Å². The molecule has 0 unspecified atom stereocenters. The molecular weight excluding hydrogens is 635 g/mol. The first-order valence-electron chi connectivity index (χ1n) is 15.1.